The van der Waals surface area contributed by atoms with E-state index in [9.17, 15) is 0 Å². The number of aromatic nitrogens is 3. The molecule has 3 rings (SSSR count). The third-order valence-electron chi connectivity index (χ3n) is 2.83. The predicted octanol–water partition coefficient (Wildman–Crippen LogP) is 1.09. The lowest BCUT2D eigenvalue weighted by atomic mass is 10.3. The van der Waals surface area contributed by atoms with Crippen LogP contribution in [0.4, 0.5) is 17.3 Å². The summed E-state index contributed by atoms with van der Waals surface area (Å²) >= 11 is 1.24. The molecule has 3 heterocycles. The summed E-state index contributed by atoms with van der Waals surface area (Å²) in [5.41, 5.74) is 0.981. The maximum atomic E-state index is 4.39. The van der Waals surface area contributed by atoms with Gasteiger partial charge in [0.2, 0.25) is 0 Å². The molecule has 0 aromatic carbocycles. The largest absolute Gasteiger partial charge is 0.350 e. The highest BCUT2D eigenvalue weighted by molar-refractivity contribution is 6.99. The summed E-state index contributed by atoms with van der Waals surface area (Å²) in [4.78, 5) is 6.25. The molecule has 1 aliphatic rings. The maximum absolute atomic E-state index is 4.39. The van der Waals surface area contributed by atoms with E-state index in [2.05, 4.69) is 29.3 Å². The van der Waals surface area contributed by atoms with Crippen LogP contribution in [0.5, 0.6) is 0 Å². The van der Waals surface area contributed by atoms with Gasteiger partial charge in [-0.25, -0.2) is 0 Å². The molecule has 2 aromatic heterocycles. The number of hydrogen-bond donors (Lipinski definition) is 2. The summed E-state index contributed by atoms with van der Waals surface area (Å²) in [5, 5.41) is 6.62. The van der Waals surface area contributed by atoms with E-state index in [4.69, 9.17) is 0 Å². The van der Waals surface area contributed by atoms with Crippen molar-refractivity contribution in [2.45, 2.75) is 0 Å². The SMILES string of the molecule is c1cc(Nc2nsnc2N2CCNCC2)ccn1. The normalized spacial score (nSPS) is 15.7. The van der Waals surface area contributed by atoms with E-state index in [-0.39, 0.29) is 0 Å². The van der Waals surface area contributed by atoms with Crippen LogP contribution in [-0.2, 0) is 0 Å². The van der Waals surface area contributed by atoms with Crippen LogP contribution in [0.25, 0.3) is 0 Å². The Hall–Kier alpha value is -1.73. The molecule has 18 heavy (non-hydrogen) atoms. The van der Waals surface area contributed by atoms with E-state index in [0.717, 1.165) is 43.5 Å². The van der Waals surface area contributed by atoms with E-state index >= 15 is 0 Å². The monoisotopic (exact) mass is 262 g/mol. The van der Waals surface area contributed by atoms with E-state index in [1.54, 1.807) is 12.4 Å². The van der Waals surface area contributed by atoms with E-state index < -0.39 is 0 Å². The molecule has 0 unspecified atom stereocenters. The van der Waals surface area contributed by atoms with E-state index in [1.807, 2.05) is 12.1 Å². The van der Waals surface area contributed by atoms with Gasteiger partial charge in [-0.05, 0) is 12.1 Å². The lowest BCUT2D eigenvalue weighted by molar-refractivity contribution is 0.586. The number of nitrogens with one attached hydrogen (secondary N) is 2. The Morgan fingerprint density at radius 1 is 1.17 bits per heavy atom. The van der Waals surface area contributed by atoms with Gasteiger partial charge in [-0.2, -0.15) is 8.75 Å². The molecule has 94 valence electrons. The summed E-state index contributed by atoms with van der Waals surface area (Å²) in [6, 6.07) is 3.84. The summed E-state index contributed by atoms with van der Waals surface area (Å²) in [6.45, 7) is 3.92. The highest BCUT2D eigenvalue weighted by Gasteiger charge is 2.18. The van der Waals surface area contributed by atoms with Crippen LogP contribution in [0, 0.1) is 0 Å². The molecule has 0 aliphatic carbocycles. The zero-order valence-electron chi connectivity index (χ0n) is 9.83. The standard InChI is InChI=1S/C11H14N6S/c1-3-12-4-2-9(1)14-10-11(16-18-15-10)17-7-5-13-6-8-17/h1-4,13H,5-8H2,(H,12,14,15). The van der Waals surface area contributed by atoms with Crippen molar-refractivity contribution in [1.29, 1.82) is 0 Å². The van der Waals surface area contributed by atoms with Crippen molar-refractivity contribution in [3.63, 3.8) is 0 Å². The minimum Gasteiger partial charge on any atom is -0.350 e. The van der Waals surface area contributed by atoms with Gasteiger partial charge in [0.25, 0.3) is 0 Å². The fourth-order valence-corrected chi connectivity index (χ4v) is 2.45. The molecule has 0 atom stereocenters. The molecule has 6 nitrogen and oxygen atoms in total. The second-order valence-corrected chi connectivity index (χ2v) is 4.56. The number of piperazine rings is 1. The van der Waals surface area contributed by atoms with Gasteiger partial charge in [0.1, 0.15) is 0 Å². The van der Waals surface area contributed by atoms with Gasteiger partial charge in [0, 0.05) is 44.3 Å². The van der Waals surface area contributed by atoms with Crippen LogP contribution < -0.4 is 15.5 Å². The predicted molar refractivity (Wildman–Crippen MR) is 72.5 cm³/mol. The van der Waals surface area contributed by atoms with Crippen molar-refractivity contribution in [1.82, 2.24) is 19.0 Å². The maximum Gasteiger partial charge on any atom is 0.188 e. The Kier molecular flexibility index (Phi) is 3.33. The average Bonchev–Trinajstić information content (AvgIpc) is 2.89. The second-order valence-electron chi connectivity index (χ2n) is 4.03. The highest BCUT2D eigenvalue weighted by atomic mass is 32.1. The van der Waals surface area contributed by atoms with Crippen molar-refractivity contribution >= 4 is 29.1 Å². The first-order chi connectivity index (χ1) is 8.93. The van der Waals surface area contributed by atoms with Crippen LogP contribution in [0.3, 0.4) is 0 Å². The van der Waals surface area contributed by atoms with Crippen molar-refractivity contribution in [3.05, 3.63) is 24.5 Å². The highest BCUT2D eigenvalue weighted by Crippen LogP contribution is 2.26. The first-order valence-electron chi connectivity index (χ1n) is 5.89. The van der Waals surface area contributed by atoms with Gasteiger partial charge in [-0.15, -0.1) is 0 Å². The van der Waals surface area contributed by atoms with Crippen LogP contribution in [0.1, 0.15) is 0 Å². The number of nitrogens with zero attached hydrogens (tertiary/aromatic N) is 4. The number of anilines is 3. The second kappa shape index (κ2) is 5.28. The van der Waals surface area contributed by atoms with Crippen LogP contribution in [-0.4, -0.2) is 39.9 Å². The zero-order valence-corrected chi connectivity index (χ0v) is 10.7. The van der Waals surface area contributed by atoms with E-state index in [1.165, 1.54) is 11.7 Å². The number of pyridine rings is 1. The smallest absolute Gasteiger partial charge is 0.188 e. The molecule has 1 saturated heterocycles. The van der Waals surface area contributed by atoms with Crippen molar-refractivity contribution in [2.75, 3.05) is 36.4 Å². The zero-order chi connectivity index (χ0) is 12.2. The molecule has 2 aromatic rings. The van der Waals surface area contributed by atoms with Gasteiger partial charge >= 0.3 is 0 Å². The summed E-state index contributed by atoms with van der Waals surface area (Å²) in [6.07, 6.45) is 3.51. The van der Waals surface area contributed by atoms with Gasteiger partial charge in [-0.3, -0.25) is 4.98 Å². The fourth-order valence-electron chi connectivity index (χ4n) is 1.92. The molecule has 0 saturated carbocycles. The van der Waals surface area contributed by atoms with Gasteiger partial charge < -0.3 is 15.5 Å². The molecule has 2 N–H and O–H groups in total. The minimum absolute atomic E-state index is 0.827. The molecule has 0 bridgehead atoms. The van der Waals surface area contributed by atoms with Crippen LogP contribution in [0.2, 0.25) is 0 Å². The Bertz CT molecular complexity index is 493. The molecule has 0 radical (unpaired) electrons. The third kappa shape index (κ3) is 2.41. The number of rotatable bonds is 3. The van der Waals surface area contributed by atoms with Crippen molar-refractivity contribution in [2.24, 2.45) is 0 Å². The summed E-state index contributed by atoms with van der Waals surface area (Å²) < 4.78 is 8.71. The van der Waals surface area contributed by atoms with Gasteiger partial charge in [0.05, 0.1) is 11.7 Å². The van der Waals surface area contributed by atoms with E-state index in [0.29, 0.717) is 0 Å². The Morgan fingerprint density at radius 2 is 1.94 bits per heavy atom. The minimum atomic E-state index is 0.827. The van der Waals surface area contributed by atoms with Crippen LogP contribution >= 0.6 is 11.7 Å². The fraction of sp³-hybridized carbons (Fsp3) is 0.364. The van der Waals surface area contributed by atoms with Gasteiger partial charge in [0.15, 0.2) is 11.6 Å². The molecule has 1 aliphatic heterocycles. The lowest BCUT2D eigenvalue weighted by Crippen LogP contribution is -2.43. The summed E-state index contributed by atoms with van der Waals surface area (Å²) in [5.74, 6) is 1.77. The van der Waals surface area contributed by atoms with Crippen molar-refractivity contribution < 1.29 is 0 Å². The quantitative estimate of drug-likeness (QED) is 0.863. The molecular weight excluding hydrogens is 248 g/mol. The Balaban J connectivity index is 1.78. The molecule has 0 spiro atoms. The molecular formula is C11H14N6S. The Morgan fingerprint density at radius 3 is 2.72 bits per heavy atom. The average molecular weight is 262 g/mol. The third-order valence-corrected chi connectivity index (χ3v) is 3.35. The molecule has 1 fully saturated rings. The Labute approximate surface area is 109 Å². The van der Waals surface area contributed by atoms with Gasteiger partial charge in [-0.1, -0.05) is 0 Å². The van der Waals surface area contributed by atoms with Crippen molar-refractivity contribution in [3.8, 4) is 0 Å². The number of hydrogen-bond acceptors (Lipinski definition) is 7. The first kappa shape index (κ1) is 11.4. The van der Waals surface area contributed by atoms with Crippen LogP contribution in [0.15, 0.2) is 24.5 Å². The summed E-state index contributed by atoms with van der Waals surface area (Å²) in [7, 11) is 0. The molecule has 7 heteroatoms. The first-order valence-corrected chi connectivity index (χ1v) is 6.62. The molecule has 0 amide bonds. The lowest BCUT2D eigenvalue weighted by Gasteiger charge is -2.27. The topological polar surface area (TPSA) is 66.0 Å².